The van der Waals surface area contributed by atoms with Crippen LogP contribution >= 0.6 is 11.3 Å². The molecule has 2 aromatic rings. The van der Waals surface area contributed by atoms with E-state index in [-0.39, 0.29) is 11.6 Å². The molecule has 7 nitrogen and oxygen atoms in total. The molecule has 0 aliphatic carbocycles. The van der Waals surface area contributed by atoms with E-state index in [4.69, 9.17) is 4.74 Å². The highest BCUT2D eigenvalue weighted by Crippen LogP contribution is 2.23. The number of ether oxygens (including phenoxy) is 1. The molecule has 1 aromatic heterocycles. The van der Waals surface area contributed by atoms with E-state index in [0.29, 0.717) is 36.5 Å². The molecular weight excluding hydrogens is 306 g/mol. The molecule has 0 atom stereocenters. The zero-order valence-electron chi connectivity index (χ0n) is 12.4. The highest BCUT2D eigenvalue weighted by Gasteiger charge is 2.12. The molecule has 1 aromatic carbocycles. The van der Waals surface area contributed by atoms with Gasteiger partial charge in [-0.2, -0.15) is 4.99 Å². The van der Waals surface area contributed by atoms with Crippen LogP contribution in [0.5, 0.6) is 0 Å². The lowest BCUT2D eigenvalue weighted by Gasteiger charge is -2.05. The summed E-state index contributed by atoms with van der Waals surface area (Å²) in [7, 11) is 0. The number of benzene rings is 1. The van der Waals surface area contributed by atoms with Crippen molar-refractivity contribution in [3.8, 4) is 0 Å². The van der Waals surface area contributed by atoms with Crippen LogP contribution in [0, 0.1) is 10.1 Å². The maximum absolute atomic E-state index is 11.6. The number of hydrogen-bond donors (Lipinski definition) is 0. The standard InChI is InChI=1S/C14H17N3O4S/c1-3-13(18)15-14-16(7-8-21-4-2)11-9-10(17(19)20)5-6-12(11)22-14/h5-6,9H,3-4,7-8H2,1-2H3. The second kappa shape index (κ2) is 7.28. The van der Waals surface area contributed by atoms with Crippen molar-refractivity contribution in [3.05, 3.63) is 33.1 Å². The number of carbonyl (C=O) groups is 1. The molecule has 0 radical (unpaired) electrons. The first kappa shape index (κ1) is 16.3. The first-order valence-corrected chi connectivity index (χ1v) is 7.81. The number of carbonyl (C=O) groups excluding carboxylic acids is 1. The lowest BCUT2D eigenvalue weighted by molar-refractivity contribution is -0.384. The third kappa shape index (κ3) is 3.58. The lowest BCUT2D eigenvalue weighted by atomic mass is 10.3. The molecule has 118 valence electrons. The number of nitro groups is 1. The van der Waals surface area contributed by atoms with Crippen LogP contribution in [0.2, 0.25) is 0 Å². The summed E-state index contributed by atoms with van der Waals surface area (Å²) in [6.45, 7) is 5.17. The van der Waals surface area contributed by atoms with Gasteiger partial charge >= 0.3 is 0 Å². The predicted molar refractivity (Wildman–Crippen MR) is 83.8 cm³/mol. The minimum Gasteiger partial charge on any atom is -0.380 e. The van der Waals surface area contributed by atoms with E-state index in [1.54, 1.807) is 17.6 Å². The fourth-order valence-corrected chi connectivity index (χ4v) is 3.01. The molecule has 2 rings (SSSR count). The van der Waals surface area contributed by atoms with Crippen LogP contribution in [0.1, 0.15) is 20.3 Å². The third-order valence-electron chi connectivity index (χ3n) is 3.06. The lowest BCUT2D eigenvalue weighted by Crippen LogP contribution is -2.19. The highest BCUT2D eigenvalue weighted by molar-refractivity contribution is 7.16. The molecule has 1 amide bonds. The number of fused-ring (bicyclic) bond motifs is 1. The Morgan fingerprint density at radius 1 is 1.45 bits per heavy atom. The normalized spacial score (nSPS) is 12.0. The molecule has 0 saturated heterocycles. The quantitative estimate of drug-likeness (QED) is 0.464. The summed E-state index contributed by atoms with van der Waals surface area (Å²) in [4.78, 5) is 26.7. The summed E-state index contributed by atoms with van der Waals surface area (Å²) in [6, 6.07) is 4.65. The van der Waals surface area contributed by atoms with Crippen LogP contribution in [0.15, 0.2) is 23.2 Å². The van der Waals surface area contributed by atoms with Gasteiger partial charge < -0.3 is 9.30 Å². The van der Waals surface area contributed by atoms with Crippen LogP contribution in [0.4, 0.5) is 5.69 Å². The molecule has 0 spiro atoms. The van der Waals surface area contributed by atoms with Gasteiger partial charge in [0.15, 0.2) is 4.80 Å². The Kier molecular flexibility index (Phi) is 5.40. The molecule has 0 fully saturated rings. The van der Waals surface area contributed by atoms with Crippen LogP contribution < -0.4 is 4.80 Å². The topological polar surface area (TPSA) is 86.7 Å². The van der Waals surface area contributed by atoms with Gasteiger partial charge in [0.25, 0.3) is 5.69 Å². The Morgan fingerprint density at radius 2 is 2.23 bits per heavy atom. The Labute approximate surface area is 131 Å². The third-order valence-corrected chi connectivity index (χ3v) is 4.12. The Hall–Kier alpha value is -2.06. The Balaban J connectivity index is 2.57. The van der Waals surface area contributed by atoms with Crippen molar-refractivity contribution in [1.29, 1.82) is 0 Å². The summed E-state index contributed by atoms with van der Waals surface area (Å²) in [5, 5.41) is 10.9. The van der Waals surface area contributed by atoms with Crippen molar-refractivity contribution in [2.24, 2.45) is 4.99 Å². The number of nitro benzene ring substituents is 1. The van der Waals surface area contributed by atoms with Crippen molar-refractivity contribution < 1.29 is 14.5 Å². The van der Waals surface area contributed by atoms with E-state index in [2.05, 4.69) is 4.99 Å². The number of non-ortho nitro benzene ring substituents is 1. The zero-order valence-corrected chi connectivity index (χ0v) is 13.3. The monoisotopic (exact) mass is 323 g/mol. The molecule has 0 N–H and O–H groups in total. The molecule has 1 heterocycles. The summed E-state index contributed by atoms with van der Waals surface area (Å²) >= 11 is 1.34. The van der Waals surface area contributed by atoms with Crippen molar-refractivity contribution in [2.75, 3.05) is 13.2 Å². The number of hydrogen-bond acceptors (Lipinski definition) is 5. The van der Waals surface area contributed by atoms with Gasteiger partial charge in [0, 0.05) is 31.7 Å². The fraction of sp³-hybridized carbons (Fsp3) is 0.429. The average molecular weight is 323 g/mol. The van der Waals surface area contributed by atoms with Gasteiger partial charge in [-0.05, 0) is 13.0 Å². The minimum atomic E-state index is -0.433. The fourth-order valence-electron chi connectivity index (χ4n) is 1.96. The predicted octanol–water partition coefficient (Wildman–Crippen LogP) is 2.48. The van der Waals surface area contributed by atoms with E-state index < -0.39 is 4.92 Å². The van der Waals surface area contributed by atoms with E-state index in [1.165, 1.54) is 23.5 Å². The second-order valence-corrected chi connectivity index (χ2v) is 5.51. The highest BCUT2D eigenvalue weighted by atomic mass is 32.1. The van der Waals surface area contributed by atoms with Gasteiger partial charge in [0.1, 0.15) is 0 Å². The van der Waals surface area contributed by atoms with Crippen LogP contribution in [-0.2, 0) is 16.1 Å². The van der Waals surface area contributed by atoms with Gasteiger partial charge in [-0.3, -0.25) is 14.9 Å². The molecule has 0 saturated carbocycles. The van der Waals surface area contributed by atoms with Gasteiger partial charge in [-0.25, -0.2) is 0 Å². The maximum Gasteiger partial charge on any atom is 0.271 e. The van der Waals surface area contributed by atoms with Crippen LogP contribution in [0.3, 0.4) is 0 Å². The van der Waals surface area contributed by atoms with E-state index in [0.717, 1.165) is 4.70 Å². The average Bonchev–Trinajstić information content (AvgIpc) is 2.84. The largest absolute Gasteiger partial charge is 0.380 e. The smallest absolute Gasteiger partial charge is 0.271 e. The van der Waals surface area contributed by atoms with Crippen LogP contribution in [0.25, 0.3) is 10.2 Å². The van der Waals surface area contributed by atoms with Crippen LogP contribution in [-0.4, -0.2) is 28.6 Å². The molecule has 0 bridgehead atoms. The van der Waals surface area contributed by atoms with Gasteiger partial charge in [-0.15, -0.1) is 0 Å². The SMILES string of the molecule is CCOCCn1c(=NC(=O)CC)sc2ccc([N+](=O)[O-])cc21. The summed E-state index contributed by atoms with van der Waals surface area (Å²) in [5.41, 5.74) is 0.713. The number of amides is 1. The second-order valence-electron chi connectivity index (χ2n) is 4.50. The van der Waals surface area contributed by atoms with Crippen molar-refractivity contribution >= 4 is 33.1 Å². The first-order chi connectivity index (χ1) is 10.6. The molecule has 22 heavy (non-hydrogen) atoms. The van der Waals surface area contributed by atoms with Gasteiger partial charge in [-0.1, -0.05) is 18.3 Å². The van der Waals surface area contributed by atoms with E-state index >= 15 is 0 Å². The molecule has 8 heteroatoms. The first-order valence-electron chi connectivity index (χ1n) is 6.99. The molecule has 0 aliphatic rings. The van der Waals surface area contributed by atoms with Crippen molar-refractivity contribution in [1.82, 2.24) is 4.57 Å². The van der Waals surface area contributed by atoms with Crippen molar-refractivity contribution in [3.63, 3.8) is 0 Å². The molecule has 0 aliphatic heterocycles. The number of thiazole rings is 1. The zero-order chi connectivity index (χ0) is 16.1. The van der Waals surface area contributed by atoms with E-state index in [9.17, 15) is 14.9 Å². The minimum absolute atomic E-state index is 0.0174. The van der Waals surface area contributed by atoms with Gasteiger partial charge in [0.2, 0.25) is 5.91 Å². The van der Waals surface area contributed by atoms with Gasteiger partial charge in [0.05, 0.1) is 21.7 Å². The Morgan fingerprint density at radius 3 is 2.86 bits per heavy atom. The molecular formula is C14H17N3O4S. The summed E-state index contributed by atoms with van der Waals surface area (Å²) in [5.74, 6) is -0.216. The van der Waals surface area contributed by atoms with E-state index in [1.807, 2.05) is 6.92 Å². The Bertz CT molecular complexity index is 763. The molecule has 0 unspecified atom stereocenters. The summed E-state index contributed by atoms with van der Waals surface area (Å²) in [6.07, 6.45) is 0.319. The maximum atomic E-state index is 11.6. The van der Waals surface area contributed by atoms with Crippen molar-refractivity contribution in [2.45, 2.75) is 26.8 Å². The summed E-state index contributed by atoms with van der Waals surface area (Å²) < 4.78 is 8.00. The number of rotatable bonds is 6. The number of nitrogens with zero attached hydrogens (tertiary/aromatic N) is 3. The number of aromatic nitrogens is 1.